The fraction of sp³-hybridized carbons (Fsp3) is 0.500. The molecule has 0 atom stereocenters. The predicted octanol–water partition coefficient (Wildman–Crippen LogP) is 25.1. The van der Waals surface area contributed by atoms with Crippen LogP contribution in [0.25, 0.3) is 127 Å². The molecule has 0 amide bonds. The second kappa shape index (κ2) is 21.3. The van der Waals surface area contributed by atoms with Crippen LogP contribution in [0.1, 0.15) is 229 Å². The maximum atomic E-state index is 2.82. The minimum absolute atomic E-state index is 1.20. The second-order valence-electron chi connectivity index (χ2n) is 24.1. The zero-order valence-electron chi connectivity index (χ0n) is 46.9. The number of benzene rings is 10. The van der Waals surface area contributed by atoms with Gasteiger partial charge in [0.2, 0.25) is 0 Å². The topological polar surface area (TPSA) is 0 Å². The average molecular weight is 1050 g/mol. The van der Waals surface area contributed by atoms with Crippen LogP contribution in [-0.4, -0.2) is 0 Å². The largest absolute Gasteiger partial charge is 0.142 e. The highest BCUT2D eigenvalue weighted by Crippen LogP contribution is 2.63. The summed E-state index contributed by atoms with van der Waals surface area (Å²) in [6, 6.07) is 8.45. The number of fused-ring (bicyclic) bond motifs is 6. The summed E-state index contributed by atoms with van der Waals surface area (Å²) < 4.78 is 4.80. The van der Waals surface area contributed by atoms with Crippen molar-refractivity contribution in [3.05, 3.63) is 67.7 Å². The first-order chi connectivity index (χ1) is 37.1. The maximum absolute atomic E-state index is 2.82. The van der Waals surface area contributed by atoms with Gasteiger partial charge in [-0.25, -0.2) is 0 Å². The molecule has 0 unspecified atom stereocenters. The predicted molar refractivity (Wildman–Crippen MR) is 344 cm³/mol. The monoisotopic (exact) mass is 1040 g/mol. The first kappa shape index (κ1) is 50.5. The fourth-order valence-electron chi connectivity index (χ4n) is 15.7. The molecule has 13 aromatic rings. The molecule has 13 rings (SSSR count). The van der Waals surface area contributed by atoms with E-state index in [1.807, 2.05) is 0 Å². The SMILES string of the molecule is CCCCCCc1cc2c3csc4c5c(CCCCCC)c(CCCCCC)cc6c7csc8c9c(CCCCCC)c(CCCCCC)cc%10c%11csc%12c(c1CCCCCC)c2c1c(c34)c(c65)c(c78)c(c%109)c1c%11%12. The third-order valence-electron chi connectivity index (χ3n) is 19.2. The molecule has 10 aromatic carbocycles. The Morgan fingerprint density at radius 3 is 0.720 bits per heavy atom. The van der Waals surface area contributed by atoms with E-state index < -0.39 is 0 Å². The number of aryl methyl sites for hydroxylation is 6. The molecule has 0 aliphatic rings. The maximum Gasteiger partial charge on any atom is 0.0437 e. The molecule has 0 fully saturated rings. The van der Waals surface area contributed by atoms with Crippen molar-refractivity contribution >= 4 is 161 Å². The molecule has 3 heteroatoms. The van der Waals surface area contributed by atoms with Crippen LogP contribution in [-0.2, 0) is 38.5 Å². The van der Waals surface area contributed by atoms with Gasteiger partial charge in [-0.3, -0.25) is 0 Å². The normalized spacial score (nSPS) is 13.2. The minimum atomic E-state index is 1.20. The van der Waals surface area contributed by atoms with Crippen molar-refractivity contribution < 1.29 is 0 Å². The number of thiophene rings is 3. The molecule has 0 radical (unpaired) electrons. The number of hydrogen-bond acceptors (Lipinski definition) is 3. The van der Waals surface area contributed by atoms with Gasteiger partial charge in [0.25, 0.3) is 0 Å². The molecule has 0 nitrogen and oxygen atoms in total. The molecular formula is C72H84S3. The lowest BCUT2D eigenvalue weighted by Gasteiger charge is -2.29. The highest BCUT2D eigenvalue weighted by Gasteiger charge is 2.35. The Bertz CT molecular complexity index is 3590. The number of rotatable bonds is 30. The summed E-state index contributed by atoms with van der Waals surface area (Å²) in [6.07, 6.45) is 38.6. The molecule has 0 aliphatic carbocycles. The quantitative estimate of drug-likeness (QED) is 0.0239. The van der Waals surface area contributed by atoms with Crippen LogP contribution in [0.15, 0.2) is 34.3 Å². The molecule has 0 spiro atoms. The van der Waals surface area contributed by atoms with Crippen LogP contribution in [0.5, 0.6) is 0 Å². The van der Waals surface area contributed by atoms with Crippen LogP contribution in [0.2, 0.25) is 0 Å². The van der Waals surface area contributed by atoms with E-state index >= 15 is 0 Å². The first-order valence-corrected chi connectivity index (χ1v) is 33.9. The molecule has 0 bridgehead atoms. The van der Waals surface area contributed by atoms with Crippen LogP contribution in [0.3, 0.4) is 0 Å². The summed E-state index contributed by atoms with van der Waals surface area (Å²) in [5, 5.41) is 41.9. The van der Waals surface area contributed by atoms with E-state index in [0.717, 1.165) is 0 Å². The van der Waals surface area contributed by atoms with Gasteiger partial charge in [0, 0.05) is 94.9 Å². The number of unbranched alkanes of at least 4 members (excludes halogenated alkanes) is 18. The van der Waals surface area contributed by atoms with Crippen LogP contribution in [0, 0.1) is 0 Å². The van der Waals surface area contributed by atoms with Gasteiger partial charge in [0.05, 0.1) is 0 Å². The van der Waals surface area contributed by atoms with Crippen molar-refractivity contribution in [1.29, 1.82) is 0 Å². The molecule has 0 N–H and O–H groups in total. The van der Waals surface area contributed by atoms with Gasteiger partial charge >= 0.3 is 0 Å². The van der Waals surface area contributed by atoms with Gasteiger partial charge in [-0.1, -0.05) is 175 Å². The van der Waals surface area contributed by atoms with Crippen molar-refractivity contribution in [3.63, 3.8) is 0 Å². The van der Waals surface area contributed by atoms with E-state index in [9.17, 15) is 0 Å². The Morgan fingerprint density at radius 2 is 0.467 bits per heavy atom. The highest BCUT2D eigenvalue weighted by molar-refractivity contribution is 7.21. The summed E-state index contributed by atoms with van der Waals surface area (Å²) in [4.78, 5) is 0. The van der Waals surface area contributed by atoms with E-state index in [1.165, 1.54) is 193 Å². The molecule has 390 valence electrons. The van der Waals surface area contributed by atoms with Gasteiger partial charge in [0.1, 0.15) is 0 Å². The fourth-order valence-corrected chi connectivity index (χ4v) is 19.1. The van der Waals surface area contributed by atoms with E-state index in [-0.39, 0.29) is 0 Å². The summed E-state index contributed by atoms with van der Waals surface area (Å²) >= 11 is 6.36. The molecule has 0 saturated heterocycles. The lowest BCUT2D eigenvalue weighted by molar-refractivity contribution is 0.652. The van der Waals surface area contributed by atoms with E-state index in [1.54, 1.807) is 161 Å². The molecular weight excluding hydrogens is 961 g/mol. The van der Waals surface area contributed by atoms with Crippen LogP contribution in [0.4, 0.5) is 0 Å². The molecule has 0 saturated carbocycles. The lowest BCUT2D eigenvalue weighted by atomic mass is 9.73. The Balaban J connectivity index is 1.25. The van der Waals surface area contributed by atoms with Crippen molar-refractivity contribution in [2.75, 3.05) is 0 Å². The van der Waals surface area contributed by atoms with Crippen molar-refractivity contribution in [3.8, 4) is 0 Å². The van der Waals surface area contributed by atoms with E-state index in [4.69, 9.17) is 0 Å². The average Bonchev–Trinajstić information content (AvgIpc) is 4.34. The minimum Gasteiger partial charge on any atom is -0.142 e. The third kappa shape index (κ3) is 7.85. The smallest absolute Gasteiger partial charge is 0.0437 e. The van der Waals surface area contributed by atoms with Gasteiger partial charge < -0.3 is 0 Å². The van der Waals surface area contributed by atoms with Gasteiger partial charge in [-0.05, 0) is 159 Å². The Hall–Kier alpha value is -4.02. The van der Waals surface area contributed by atoms with Gasteiger partial charge in [-0.15, -0.1) is 34.0 Å². The summed E-state index contributed by atoms with van der Waals surface area (Å²) in [5.41, 5.74) is 10.1. The van der Waals surface area contributed by atoms with Crippen LogP contribution < -0.4 is 0 Å². The van der Waals surface area contributed by atoms with Crippen molar-refractivity contribution in [2.24, 2.45) is 0 Å². The van der Waals surface area contributed by atoms with Crippen molar-refractivity contribution in [2.45, 2.75) is 234 Å². The van der Waals surface area contributed by atoms with Gasteiger partial charge in [-0.2, -0.15) is 0 Å². The number of hydrogen-bond donors (Lipinski definition) is 0. The van der Waals surface area contributed by atoms with E-state index in [0.29, 0.717) is 0 Å². The molecule has 75 heavy (non-hydrogen) atoms. The summed E-state index contributed by atoms with van der Waals surface area (Å²) in [7, 11) is 0. The second-order valence-corrected chi connectivity index (χ2v) is 26.7. The Kier molecular flexibility index (Phi) is 14.3. The zero-order chi connectivity index (χ0) is 50.9. The lowest BCUT2D eigenvalue weighted by Crippen LogP contribution is -2.04. The van der Waals surface area contributed by atoms with Crippen molar-refractivity contribution in [1.82, 2.24) is 0 Å². The highest BCUT2D eigenvalue weighted by atomic mass is 32.1. The third-order valence-corrected chi connectivity index (χ3v) is 22.2. The summed E-state index contributed by atoms with van der Waals surface area (Å²) in [6.45, 7) is 14.3. The molecule has 3 aromatic heterocycles. The van der Waals surface area contributed by atoms with Gasteiger partial charge in [0.15, 0.2) is 0 Å². The first-order valence-electron chi connectivity index (χ1n) is 31.3. The summed E-state index contributed by atoms with van der Waals surface area (Å²) in [5.74, 6) is 0. The molecule has 3 heterocycles. The zero-order valence-corrected chi connectivity index (χ0v) is 49.4. The standard InChI is InChI=1S/C72H84S3/c1-7-13-19-25-31-43-37-49-52-40-74-71-59-47(35-29-23-17-11-5)45(33-27-21-15-9-3)39-51-54-42-75-72-60-48(36-30-24-18-12-6)44(32-26-20-14-8-2)38-50-53-41-73-70-58(46(43)34-28-22-16-10-4)55(49)64-67(61(52)71)65(57(51)59)69(63(54)72)66(56(50)60)68(64)62(53)70/h37-42H,7-36H2,1-6H3. The van der Waals surface area contributed by atoms with E-state index in [2.05, 4.69) is 110 Å². The van der Waals surface area contributed by atoms with Crippen LogP contribution >= 0.6 is 34.0 Å². The Morgan fingerprint density at radius 1 is 0.227 bits per heavy atom. The molecule has 0 aliphatic heterocycles. The Labute approximate surface area is 460 Å².